The van der Waals surface area contributed by atoms with E-state index < -0.39 is 42.1 Å². The van der Waals surface area contributed by atoms with Crippen LogP contribution in [0.1, 0.15) is 0 Å². The van der Waals surface area contributed by atoms with Crippen LogP contribution in [0.5, 0.6) is 0 Å². The molecular weight excluding hydrogens is 216 g/mol. The summed E-state index contributed by atoms with van der Waals surface area (Å²) in [4.78, 5) is 22.9. The van der Waals surface area contributed by atoms with Crippen molar-refractivity contribution in [3.63, 3.8) is 0 Å². The second kappa shape index (κ2) is 3.57. The van der Waals surface area contributed by atoms with Crippen LogP contribution in [0.25, 0.3) is 0 Å². The van der Waals surface area contributed by atoms with E-state index in [0.717, 1.165) is 0 Å². The fourth-order valence-corrected chi connectivity index (χ4v) is 2.22. The minimum absolute atomic E-state index is 0.494. The third-order valence-corrected chi connectivity index (χ3v) is 3.13. The molecule has 2 bridgehead atoms. The van der Waals surface area contributed by atoms with Crippen molar-refractivity contribution in [2.24, 2.45) is 11.8 Å². The molecule has 0 radical (unpaired) electrons. The molecule has 1 aliphatic carbocycles. The van der Waals surface area contributed by atoms with Crippen LogP contribution in [0.3, 0.4) is 0 Å². The zero-order chi connectivity index (χ0) is 11.9. The highest BCUT2D eigenvalue weighted by Gasteiger charge is 2.59. The lowest BCUT2D eigenvalue weighted by Crippen LogP contribution is -2.62. The van der Waals surface area contributed by atoms with Gasteiger partial charge in [0.1, 0.15) is 12.0 Å². The molecule has 2 heterocycles. The molecule has 0 saturated carbocycles. The molecule has 0 unspecified atom stereocenters. The van der Waals surface area contributed by atoms with E-state index in [-0.39, 0.29) is 0 Å². The first-order valence-electron chi connectivity index (χ1n) is 4.86. The molecule has 1 saturated heterocycles. The standard InChI is InChI=1S/C10H12O6/c1-15-8(12)7-5(4-11)10(14)3-2-6(7)16-9(10)13/h2-3,5-7,11,14H,4H2,1H3/t5-,6-,7-,10-/m1/s1. The van der Waals surface area contributed by atoms with Crippen LogP contribution < -0.4 is 0 Å². The first kappa shape index (κ1) is 11.1. The van der Waals surface area contributed by atoms with Gasteiger partial charge in [0.25, 0.3) is 0 Å². The lowest BCUT2D eigenvalue weighted by molar-refractivity contribution is -0.203. The summed E-state index contributed by atoms with van der Waals surface area (Å²) in [5, 5.41) is 19.2. The first-order chi connectivity index (χ1) is 7.54. The van der Waals surface area contributed by atoms with Crippen molar-refractivity contribution in [3.8, 4) is 0 Å². The van der Waals surface area contributed by atoms with E-state index in [1.165, 1.54) is 19.3 Å². The lowest BCUT2D eigenvalue weighted by Gasteiger charge is -2.45. The predicted molar refractivity (Wildman–Crippen MR) is 50.1 cm³/mol. The van der Waals surface area contributed by atoms with Gasteiger partial charge in [0.15, 0.2) is 5.60 Å². The Balaban J connectivity index is 2.41. The Labute approximate surface area is 91.5 Å². The van der Waals surface area contributed by atoms with Crippen molar-refractivity contribution < 1.29 is 29.3 Å². The summed E-state index contributed by atoms with van der Waals surface area (Å²) in [6.45, 7) is -0.494. The summed E-state index contributed by atoms with van der Waals surface area (Å²) < 4.78 is 9.44. The second-order valence-corrected chi connectivity index (χ2v) is 3.89. The number of hydrogen-bond donors (Lipinski definition) is 2. The highest BCUT2D eigenvalue weighted by molar-refractivity contribution is 5.88. The number of esters is 2. The Morgan fingerprint density at radius 1 is 1.69 bits per heavy atom. The van der Waals surface area contributed by atoms with Crippen molar-refractivity contribution in [2.75, 3.05) is 13.7 Å². The SMILES string of the molecule is COC(=O)[C@@H]1[C@@H](CO)[C@]2(O)C=C[C@H]1OC2=O. The van der Waals surface area contributed by atoms with E-state index in [4.69, 9.17) is 4.74 Å². The van der Waals surface area contributed by atoms with E-state index in [1.54, 1.807) is 0 Å². The van der Waals surface area contributed by atoms with Gasteiger partial charge in [0, 0.05) is 5.92 Å². The molecule has 2 aliphatic heterocycles. The number of aliphatic hydroxyl groups is 2. The third kappa shape index (κ3) is 1.27. The molecule has 0 aromatic rings. The van der Waals surface area contributed by atoms with Crippen LogP contribution in [-0.2, 0) is 19.1 Å². The van der Waals surface area contributed by atoms with Crippen LogP contribution in [0, 0.1) is 11.8 Å². The maximum absolute atomic E-state index is 11.5. The predicted octanol–water partition coefficient (Wildman–Crippen LogP) is -1.39. The molecule has 3 aliphatic rings. The number of carbonyl (C=O) groups excluding carboxylic acids is 2. The normalized spacial score (nSPS) is 40.7. The number of carbonyl (C=O) groups is 2. The largest absolute Gasteiger partial charge is 0.469 e. The van der Waals surface area contributed by atoms with Gasteiger partial charge in [-0.3, -0.25) is 4.79 Å². The van der Waals surface area contributed by atoms with Crippen molar-refractivity contribution in [2.45, 2.75) is 11.7 Å². The number of methoxy groups -OCH3 is 1. The molecule has 0 aromatic carbocycles. The average Bonchev–Trinajstić information content (AvgIpc) is 2.28. The smallest absolute Gasteiger partial charge is 0.343 e. The van der Waals surface area contributed by atoms with E-state index >= 15 is 0 Å². The molecule has 0 amide bonds. The van der Waals surface area contributed by atoms with E-state index in [2.05, 4.69) is 4.74 Å². The lowest BCUT2D eigenvalue weighted by atomic mass is 9.69. The molecule has 0 spiro atoms. The maximum Gasteiger partial charge on any atom is 0.343 e. The molecule has 6 nitrogen and oxygen atoms in total. The molecule has 0 aromatic heterocycles. The van der Waals surface area contributed by atoms with Gasteiger partial charge in [-0.25, -0.2) is 4.79 Å². The number of fused-ring (bicyclic) bond motifs is 2. The molecule has 1 fully saturated rings. The van der Waals surface area contributed by atoms with Crippen molar-refractivity contribution in [1.82, 2.24) is 0 Å². The Morgan fingerprint density at radius 2 is 2.38 bits per heavy atom. The van der Waals surface area contributed by atoms with Crippen LogP contribution in [-0.4, -0.2) is 47.6 Å². The van der Waals surface area contributed by atoms with Crippen LogP contribution in [0.4, 0.5) is 0 Å². The second-order valence-electron chi connectivity index (χ2n) is 3.89. The fourth-order valence-electron chi connectivity index (χ4n) is 2.22. The Hall–Kier alpha value is -1.40. The van der Waals surface area contributed by atoms with Crippen LogP contribution in [0.15, 0.2) is 12.2 Å². The number of hydrogen-bond acceptors (Lipinski definition) is 6. The van der Waals surface area contributed by atoms with Gasteiger partial charge in [-0.1, -0.05) is 0 Å². The third-order valence-electron chi connectivity index (χ3n) is 3.13. The number of ether oxygens (including phenoxy) is 2. The maximum atomic E-state index is 11.5. The van der Waals surface area contributed by atoms with Crippen molar-refractivity contribution >= 4 is 11.9 Å². The number of rotatable bonds is 2. The van der Waals surface area contributed by atoms with Gasteiger partial charge in [-0.15, -0.1) is 0 Å². The summed E-state index contributed by atoms with van der Waals surface area (Å²) in [7, 11) is 1.20. The van der Waals surface area contributed by atoms with E-state index in [9.17, 15) is 19.8 Å². The molecule has 6 heteroatoms. The van der Waals surface area contributed by atoms with Crippen LogP contribution in [0.2, 0.25) is 0 Å². The topological polar surface area (TPSA) is 93.1 Å². The Bertz CT molecular complexity index is 362. The zero-order valence-electron chi connectivity index (χ0n) is 8.62. The van der Waals surface area contributed by atoms with Gasteiger partial charge < -0.3 is 19.7 Å². The van der Waals surface area contributed by atoms with Crippen LogP contribution >= 0.6 is 0 Å². The average molecular weight is 228 g/mol. The molecule has 4 atom stereocenters. The summed E-state index contributed by atoms with van der Waals surface area (Å²) in [6, 6.07) is 0. The van der Waals surface area contributed by atoms with Gasteiger partial charge in [0.2, 0.25) is 0 Å². The quantitative estimate of drug-likeness (QED) is 0.446. The summed E-state index contributed by atoms with van der Waals surface area (Å²) in [6.07, 6.45) is 1.94. The summed E-state index contributed by atoms with van der Waals surface area (Å²) in [5.74, 6) is -3.22. The van der Waals surface area contributed by atoms with Gasteiger partial charge in [-0.05, 0) is 12.2 Å². The molecule has 2 N–H and O–H groups in total. The minimum Gasteiger partial charge on any atom is -0.469 e. The van der Waals surface area contributed by atoms with Gasteiger partial charge >= 0.3 is 11.9 Å². The number of aliphatic hydroxyl groups excluding tert-OH is 1. The Morgan fingerprint density at radius 3 is 2.88 bits per heavy atom. The zero-order valence-corrected chi connectivity index (χ0v) is 8.62. The molecular formula is C10H12O6. The summed E-state index contributed by atoms with van der Waals surface area (Å²) in [5.41, 5.74) is -1.93. The monoisotopic (exact) mass is 228 g/mol. The highest BCUT2D eigenvalue weighted by atomic mass is 16.6. The molecule has 88 valence electrons. The molecule has 16 heavy (non-hydrogen) atoms. The molecule has 3 rings (SSSR count). The summed E-state index contributed by atoms with van der Waals surface area (Å²) >= 11 is 0. The van der Waals surface area contributed by atoms with Crippen molar-refractivity contribution in [1.29, 1.82) is 0 Å². The first-order valence-corrected chi connectivity index (χ1v) is 4.86. The highest BCUT2D eigenvalue weighted by Crippen LogP contribution is 2.41. The Kier molecular flexibility index (Phi) is 2.47. The van der Waals surface area contributed by atoms with E-state index in [1.807, 2.05) is 0 Å². The fraction of sp³-hybridized carbons (Fsp3) is 0.600. The van der Waals surface area contributed by atoms with Gasteiger partial charge in [0.05, 0.1) is 13.7 Å². The van der Waals surface area contributed by atoms with E-state index in [0.29, 0.717) is 0 Å². The minimum atomic E-state index is -1.93. The van der Waals surface area contributed by atoms with Crippen molar-refractivity contribution in [3.05, 3.63) is 12.2 Å². The van der Waals surface area contributed by atoms with Gasteiger partial charge in [-0.2, -0.15) is 0 Å².